The van der Waals surface area contributed by atoms with Gasteiger partial charge >= 0.3 is 5.97 Å². The van der Waals surface area contributed by atoms with Crippen molar-refractivity contribution < 1.29 is 19.1 Å². The number of carboxylic acid groups (broad SMARTS) is 1. The van der Waals surface area contributed by atoms with Crippen molar-refractivity contribution in [3.8, 4) is 0 Å². The van der Waals surface area contributed by atoms with E-state index in [0.717, 1.165) is 12.0 Å². The van der Waals surface area contributed by atoms with E-state index in [0.29, 0.717) is 6.54 Å². The van der Waals surface area contributed by atoms with Crippen LogP contribution in [0, 0.1) is 5.82 Å². The van der Waals surface area contributed by atoms with Crippen molar-refractivity contribution in [1.82, 2.24) is 10.2 Å². The highest BCUT2D eigenvalue weighted by molar-refractivity contribution is 5.82. The first-order valence-electron chi connectivity index (χ1n) is 7.36. The molecule has 0 fully saturated rings. The zero-order chi connectivity index (χ0) is 16.7. The minimum Gasteiger partial charge on any atom is -0.480 e. The van der Waals surface area contributed by atoms with Gasteiger partial charge in [-0.2, -0.15) is 0 Å². The van der Waals surface area contributed by atoms with E-state index in [1.54, 1.807) is 30.9 Å². The lowest BCUT2D eigenvalue weighted by atomic mass is 10.1. The maximum Gasteiger partial charge on any atom is 0.317 e. The van der Waals surface area contributed by atoms with E-state index in [1.807, 2.05) is 6.92 Å². The van der Waals surface area contributed by atoms with Crippen molar-refractivity contribution in [3.63, 3.8) is 0 Å². The molecule has 0 aliphatic rings. The molecule has 1 aromatic carbocycles. The van der Waals surface area contributed by atoms with Crippen molar-refractivity contribution in [3.05, 3.63) is 35.6 Å². The topological polar surface area (TPSA) is 69.6 Å². The molecule has 0 aromatic heterocycles. The Kier molecular flexibility index (Phi) is 6.98. The Balaban J connectivity index is 2.68. The maximum atomic E-state index is 12.9. The second-order valence-corrected chi connectivity index (χ2v) is 5.32. The number of hydrogen-bond donors (Lipinski definition) is 2. The molecular formula is C16H23FN2O3. The molecule has 0 bridgehead atoms. The fourth-order valence-electron chi connectivity index (χ4n) is 2.21. The van der Waals surface area contributed by atoms with Crippen LogP contribution < -0.4 is 5.32 Å². The predicted octanol–water partition coefficient (Wildman–Crippen LogP) is 2.19. The van der Waals surface area contributed by atoms with Crippen LogP contribution in [0.2, 0.25) is 0 Å². The minimum absolute atomic E-state index is 0.173. The van der Waals surface area contributed by atoms with E-state index in [4.69, 9.17) is 5.11 Å². The second-order valence-electron chi connectivity index (χ2n) is 5.32. The van der Waals surface area contributed by atoms with Crippen molar-refractivity contribution in [2.24, 2.45) is 0 Å². The predicted molar refractivity (Wildman–Crippen MR) is 81.9 cm³/mol. The molecule has 122 valence electrons. The zero-order valence-corrected chi connectivity index (χ0v) is 13.2. The number of carbonyl (C=O) groups is 2. The van der Waals surface area contributed by atoms with Gasteiger partial charge in [0.15, 0.2) is 0 Å². The zero-order valence-electron chi connectivity index (χ0n) is 13.2. The summed E-state index contributed by atoms with van der Waals surface area (Å²) in [7, 11) is 0. The number of rotatable bonds is 8. The van der Waals surface area contributed by atoms with Gasteiger partial charge in [0.05, 0.1) is 18.6 Å². The number of benzene rings is 1. The molecule has 2 N–H and O–H groups in total. The Morgan fingerprint density at radius 3 is 2.36 bits per heavy atom. The van der Waals surface area contributed by atoms with Gasteiger partial charge in [-0.15, -0.1) is 0 Å². The Morgan fingerprint density at radius 1 is 1.27 bits per heavy atom. The summed E-state index contributed by atoms with van der Waals surface area (Å²) in [6.45, 7) is 5.78. The summed E-state index contributed by atoms with van der Waals surface area (Å²) in [4.78, 5) is 24.8. The number of hydrogen-bond acceptors (Lipinski definition) is 3. The Morgan fingerprint density at radius 2 is 1.86 bits per heavy atom. The minimum atomic E-state index is -0.959. The molecule has 1 amide bonds. The smallest absolute Gasteiger partial charge is 0.317 e. The van der Waals surface area contributed by atoms with E-state index in [2.05, 4.69) is 5.32 Å². The Hall–Kier alpha value is -1.95. The van der Waals surface area contributed by atoms with Crippen LogP contribution in [-0.2, 0) is 9.59 Å². The SMILES string of the molecule is CCCN(CC(=O)O)C(C)C(=O)NC(C)c1ccc(F)cc1. The van der Waals surface area contributed by atoms with Crippen LogP contribution in [0.3, 0.4) is 0 Å². The van der Waals surface area contributed by atoms with Gasteiger partial charge in [0.2, 0.25) is 5.91 Å². The van der Waals surface area contributed by atoms with E-state index in [-0.39, 0.29) is 24.3 Å². The van der Waals surface area contributed by atoms with Gasteiger partial charge in [-0.05, 0) is 44.5 Å². The summed E-state index contributed by atoms with van der Waals surface area (Å²) >= 11 is 0. The average Bonchev–Trinajstić information content (AvgIpc) is 2.46. The van der Waals surface area contributed by atoms with Crippen molar-refractivity contribution in [2.45, 2.75) is 39.3 Å². The molecule has 1 rings (SSSR count). The summed E-state index contributed by atoms with van der Waals surface area (Å²) in [6, 6.07) is 5.10. The van der Waals surface area contributed by atoms with Crippen LogP contribution in [0.15, 0.2) is 24.3 Å². The van der Waals surface area contributed by atoms with Gasteiger partial charge in [-0.25, -0.2) is 4.39 Å². The van der Waals surface area contributed by atoms with Crippen LogP contribution in [0.5, 0.6) is 0 Å². The van der Waals surface area contributed by atoms with Crippen molar-refractivity contribution in [1.29, 1.82) is 0 Å². The average molecular weight is 310 g/mol. The summed E-state index contributed by atoms with van der Waals surface area (Å²) in [5.74, 6) is -1.53. The van der Waals surface area contributed by atoms with Gasteiger partial charge in [0, 0.05) is 0 Å². The fraction of sp³-hybridized carbons (Fsp3) is 0.500. The van der Waals surface area contributed by atoms with Crippen molar-refractivity contribution >= 4 is 11.9 Å². The third-order valence-corrected chi connectivity index (χ3v) is 3.51. The molecule has 0 aliphatic heterocycles. The molecule has 0 heterocycles. The lowest BCUT2D eigenvalue weighted by Crippen LogP contribution is -2.47. The monoisotopic (exact) mass is 310 g/mol. The first-order valence-corrected chi connectivity index (χ1v) is 7.36. The number of nitrogens with zero attached hydrogens (tertiary/aromatic N) is 1. The molecule has 0 spiro atoms. The number of halogens is 1. The second kappa shape index (κ2) is 8.48. The van der Waals surface area contributed by atoms with Gasteiger partial charge in [-0.1, -0.05) is 19.1 Å². The molecule has 1 aromatic rings. The molecule has 6 heteroatoms. The van der Waals surface area contributed by atoms with Gasteiger partial charge in [0.1, 0.15) is 5.82 Å². The molecule has 2 unspecified atom stereocenters. The highest BCUT2D eigenvalue weighted by Crippen LogP contribution is 2.13. The van der Waals surface area contributed by atoms with Gasteiger partial charge in [0.25, 0.3) is 0 Å². The van der Waals surface area contributed by atoms with E-state index < -0.39 is 12.0 Å². The molecule has 5 nitrogen and oxygen atoms in total. The number of amides is 1. The van der Waals surface area contributed by atoms with Crippen LogP contribution in [0.4, 0.5) is 4.39 Å². The van der Waals surface area contributed by atoms with Crippen LogP contribution in [0.1, 0.15) is 38.8 Å². The number of nitrogens with one attached hydrogen (secondary N) is 1. The molecule has 0 radical (unpaired) electrons. The molecule has 0 saturated heterocycles. The normalized spacial score (nSPS) is 13.7. The number of carboxylic acids is 1. The molecule has 2 atom stereocenters. The standard InChI is InChI=1S/C16H23FN2O3/c1-4-9-19(10-15(20)21)12(3)16(22)18-11(2)13-5-7-14(17)8-6-13/h5-8,11-12H,4,9-10H2,1-3H3,(H,18,22)(H,20,21). The van der Waals surface area contributed by atoms with Crippen LogP contribution >= 0.6 is 0 Å². The molecule has 0 saturated carbocycles. The molecule has 0 aliphatic carbocycles. The quantitative estimate of drug-likeness (QED) is 0.772. The van der Waals surface area contributed by atoms with E-state index in [1.165, 1.54) is 12.1 Å². The highest BCUT2D eigenvalue weighted by Gasteiger charge is 2.23. The Bertz CT molecular complexity index is 505. The highest BCUT2D eigenvalue weighted by atomic mass is 19.1. The summed E-state index contributed by atoms with van der Waals surface area (Å²) in [5.41, 5.74) is 0.794. The third kappa shape index (κ3) is 5.44. The lowest BCUT2D eigenvalue weighted by Gasteiger charge is -2.27. The molecular weight excluding hydrogens is 287 g/mol. The largest absolute Gasteiger partial charge is 0.480 e. The first-order chi connectivity index (χ1) is 10.3. The van der Waals surface area contributed by atoms with E-state index in [9.17, 15) is 14.0 Å². The number of carbonyl (C=O) groups excluding carboxylic acids is 1. The van der Waals surface area contributed by atoms with Gasteiger partial charge in [-0.3, -0.25) is 14.5 Å². The van der Waals surface area contributed by atoms with Crippen LogP contribution in [-0.4, -0.2) is 41.0 Å². The maximum absolute atomic E-state index is 12.9. The summed E-state index contributed by atoms with van der Waals surface area (Å²) < 4.78 is 12.9. The summed E-state index contributed by atoms with van der Waals surface area (Å²) in [5, 5.41) is 11.7. The lowest BCUT2D eigenvalue weighted by molar-refractivity contribution is -0.139. The Labute approximate surface area is 130 Å². The van der Waals surface area contributed by atoms with Gasteiger partial charge < -0.3 is 10.4 Å². The fourth-order valence-corrected chi connectivity index (χ4v) is 2.21. The van der Waals surface area contributed by atoms with E-state index >= 15 is 0 Å². The van der Waals surface area contributed by atoms with Crippen LogP contribution in [0.25, 0.3) is 0 Å². The van der Waals surface area contributed by atoms with Crippen molar-refractivity contribution in [2.75, 3.05) is 13.1 Å². The number of aliphatic carboxylic acids is 1. The first kappa shape index (κ1) is 18.1. The molecule has 22 heavy (non-hydrogen) atoms. The summed E-state index contributed by atoms with van der Waals surface area (Å²) in [6.07, 6.45) is 0.762. The third-order valence-electron chi connectivity index (χ3n) is 3.51.